The van der Waals surface area contributed by atoms with Gasteiger partial charge >= 0.3 is 0 Å². The van der Waals surface area contributed by atoms with E-state index in [1.165, 1.54) is 0 Å². The molecule has 0 unspecified atom stereocenters. The second-order valence-corrected chi connectivity index (χ2v) is 6.84. The minimum Gasteiger partial charge on any atom is -0.496 e. The van der Waals surface area contributed by atoms with E-state index in [0.717, 1.165) is 32.6 Å². The molecule has 0 radical (unpaired) electrons. The lowest BCUT2D eigenvalue weighted by molar-refractivity contribution is 0.416. The Morgan fingerprint density at radius 2 is 2.00 bits per heavy atom. The normalized spacial score (nSPS) is 11.0. The van der Waals surface area contributed by atoms with Crippen LogP contribution in [0.2, 0.25) is 5.15 Å². The Bertz CT molecular complexity index is 659. The molecule has 0 aliphatic heterocycles. The molecule has 0 aliphatic rings. The first-order chi connectivity index (χ1) is 9.92. The van der Waals surface area contributed by atoms with Crippen molar-refractivity contribution in [3.05, 3.63) is 38.2 Å². The van der Waals surface area contributed by atoms with Crippen LogP contribution in [0.3, 0.4) is 0 Å². The second-order valence-electron chi connectivity index (χ2n) is 5.40. The number of hydrogen-bond donors (Lipinski definition) is 0. The maximum Gasteiger partial charge on any atom is 0.164 e. The van der Waals surface area contributed by atoms with Gasteiger partial charge in [0.15, 0.2) is 5.82 Å². The molecule has 2 aromatic rings. The largest absolute Gasteiger partial charge is 0.496 e. The molecule has 0 saturated heterocycles. The van der Waals surface area contributed by atoms with E-state index in [0.29, 0.717) is 16.9 Å². The minimum atomic E-state index is 0.499. The number of methoxy groups -OCH3 is 1. The number of aromatic nitrogens is 2. The Labute approximate surface area is 144 Å². The van der Waals surface area contributed by atoms with Crippen LogP contribution < -0.4 is 4.74 Å². The summed E-state index contributed by atoms with van der Waals surface area (Å²) in [7, 11) is 1.65. The molecule has 21 heavy (non-hydrogen) atoms. The summed E-state index contributed by atoms with van der Waals surface area (Å²) in [5, 5.41) is 0.499. The van der Waals surface area contributed by atoms with Gasteiger partial charge < -0.3 is 4.74 Å². The number of rotatable bonds is 4. The van der Waals surface area contributed by atoms with Gasteiger partial charge in [0.2, 0.25) is 0 Å². The van der Waals surface area contributed by atoms with Crippen molar-refractivity contribution in [3.8, 4) is 17.1 Å². The zero-order chi connectivity index (χ0) is 15.6. The lowest BCUT2D eigenvalue weighted by Gasteiger charge is -2.12. The van der Waals surface area contributed by atoms with Crippen molar-refractivity contribution in [2.45, 2.75) is 27.2 Å². The number of halogens is 2. The summed E-state index contributed by atoms with van der Waals surface area (Å²) in [6.45, 7) is 6.36. The van der Waals surface area contributed by atoms with E-state index in [1.54, 1.807) is 7.11 Å². The average molecular weight is 417 g/mol. The monoisotopic (exact) mass is 416 g/mol. The molecule has 1 aromatic heterocycles. The highest BCUT2D eigenvalue weighted by atomic mass is 127. The van der Waals surface area contributed by atoms with Crippen molar-refractivity contribution in [2.75, 3.05) is 7.11 Å². The summed E-state index contributed by atoms with van der Waals surface area (Å²) in [5.74, 6) is 1.90. The molecule has 0 atom stereocenters. The van der Waals surface area contributed by atoms with E-state index in [-0.39, 0.29) is 0 Å². The fourth-order valence-electron chi connectivity index (χ4n) is 2.09. The van der Waals surface area contributed by atoms with Crippen LogP contribution in [-0.4, -0.2) is 17.1 Å². The Morgan fingerprint density at radius 3 is 2.62 bits per heavy atom. The van der Waals surface area contributed by atoms with Crippen molar-refractivity contribution in [3.63, 3.8) is 0 Å². The predicted octanol–water partition coefficient (Wildman–Crippen LogP) is 4.92. The minimum absolute atomic E-state index is 0.499. The number of hydrogen-bond acceptors (Lipinski definition) is 3. The third-order valence-corrected chi connectivity index (χ3v) is 4.80. The molecule has 1 aromatic carbocycles. The third kappa shape index (κ3) is 3.86. The lowest BCUT2D eigenvalue weighted by atomic mass is 10.1. The number of benzene rings is 1. The third-order valence-electron chi connectivity index (χ3n) is 3.08. The van der Waals surface area contributed by atoms with E-state index >= 15 is 0 Å². The van der Waals surface area contributed by atoms with Crippen LogP contribution in [0.5, 0.6) is 5.75 Å². The fraction of sp³-hybridized carbons (Fsp3) is 0.375. The molecule has 0 aliphatic carbocycles. The van der Waals surface area contributed by atoms with Gasteiger partial charge in [-0.25, -0.2) is 9.97 Å². The number of nitrogens with zero attached hydrogens (tertiary/aromatic N) is 2. The van der Waals surface area contributed by atoms with Gasteiger partial charge in [-0.1, -0.05) is 31.5 Å². The van der Waals surface area contributed by atoms with Gasteiger partial charge in [0.25, 0.3) is 0 Å². The highest BCUT2D eigenvalue weighted by Gasteiger charge is 2.16. The highest BCUT2D eigenvalue weighted by Crippen LogP contribution is 2.31. The molecule has 0 spiro atoms. The molecule has 0 saturated carbocycles. The van der Waals surface area contributed by atoms with Crippen LogP contribution in [0.15, 0.2) is 18.2 Å². The summed E-state index contributed by atoms with van der Waals surface area (Å²) >= 11 is 8.49. The van der Waals surface area contributed by atoms with Crippen molar-refractivity contribution in [2.24, 2.45) is 5.92 Å². The van der Waals surface area contributed by atoms with Crippen molar-refractivity contribution in [1.82, 2.24) is 9.97 Å². The molecule has 2 rings (SSSR count). The zero-order valence-electron chi connectivity index (χ0n) is 12.6. The standard InChI is InChI=1S/C16H18ClIN2O/c1-9(2)7-12-14(18)15(17)20-16(19-12)11-6-5-10(3)8-13(11)21-4/h5-6,8-9H,7H2,1-4H3. The van der Waals surface area contributed by atoms with E-state index in [1.807, 2.05) is 25.1 Å². The Balaban J connectivity index is 2.56. The Hall–Kier alpha value is -0.880. The molecule has 0 N–H and O–H groups in total. The van der Waals surface area contributed by atoms with Gasteiger partial charge in [-0.05, 0) is 59.5 Å². The molecular weight excluding hydrogens is 399 g/mol. The van der Waals surface area contributed by atoms with Crippen LogP contribution >= 0.6 is 34.2 Å². The van der Waals surface area contributed by atoms with Crippen LogP contribution in [0.4, 0.5) is 0 Å². The van der Waals surface area contributed by atoms with Gasteiger partial charge in [-0.2, -0.15) is 0 Å². The SMILES string of the molecule is COc1cc(C)ccc1-c1nc(Cl)c(I)c(CC(C)C)n1. The molecule has 112 valence electrons. The van der Waals surface area contributed by atoms with Crippen molar-refractivity contribution >= 4 is 34.2 Å². The summed E-state index contributed by atoms with van der Waals surface area (Å²) in [6, 6.07) is 5.98. The van der Waals surface area contributed by atoms with Crippen molar-refractivity contribution < 1.29 is 4.74 Å². The first-order valence-electron chi connectivity index (χ1n) is 6.79. The molecule has 0 fully saturated rings. The van der Waals surface area contributed by atoms with E-state index < -0.39 is 0 Å². The maximum atomic E-state index is 6.28. The Kier molecular flexibility index (Phi) is 5.43. The highest BCUT2D eigenvalue weighted by molar-refractivity contribution is 14.1. The summed E-state index contributed by atoms with van der Waals surface area (Å²) in [5.41, 5.74) is 2.99. The van der Waals surface area contributed by atoms with E-state index in [2.05, 4.69) is 41.4 Å². The van der Waals surface area contributed by atoms with Gasteiger partial charge in [0, 0.05) is 0 Å². The topological polar surface area (TPSA) is 35.0 Å². The van der Waals surface area contributed by atoms with E-state index in [4.69, 9.17) is 21.3 Å². The lowest BCUT2D eigenvalue weighted by Crippen LogP contribution is -2.05. The Morgan fingerprint density at radius 1 is 1.29 bits per heavy atom. The summed E-state index contributed by atoms with van der Waals surface area (Å²) in [4.78, 5) is 9.11. The number of ether oxygens (including phenoxy) is 1. The van der Waals surface area contributed by atoms with Crippen LogP contribution in [0, 0.1) is 16.4 Å². The van der Waals surface area contributed by atoms with Crippen LogP contribution in [0.25, 0.3) is 11.4 Å². The quantitative estimate of drug-likeness (QED) is 0.524. The van der Waals surface area contributed by atoms with Crippen LogP contribution in [-0.2, 0) is 6.42 Å². The van der Waals surface area contributed by atoms with E-state index in [9.17, 15) is 0 Å². The first-order valence-corrected chi connectivity index (χ1v) is 8.25. The first kappa shape index (κ1) is 16.5. The average Bonchev–Trinajstić information content (AvgIpc) is 2.43. The molecule has 0 bridgehead atoms. The second kappa shape index (κ2) is 6.92. The van der Waals surface area contributed by atoms with Crippen molar-refractivity contribution in [1.29, 1.82) is 0 Å². The fourth-order valence-corrected chi connectivity index (χ4v) is 2.74. The van der Waals surface area contributed by atoms with Gasteiger partial charge in [0.05, 0.1) is 21.9 Å². The molecule has 5 heteroatoms. The predicted molar refractivity (Wildman–Crippen MR) is 95.0 cm³/mol. The van der Waals surface area contributed by atoms with Crippen LogP contribution in [0.1, 0.15) is 25.1 Å². The molecule has 0 amide bonds. The van der Waals surface area contributed by atoms with Gasteiger partial charge in [-0.15, -0.1) is 0 Å². The smallest absolute Gasteiger partial charge is 0.164 e. The molecule has 1 heterocycles. The van der Waals surface area contributed by atoms with Gasteiger partial charge in [0.1, 0.15) is 10.9 Å². The zero-order valence-corrected chi connectivity index (χ0v) is 15.5. The van der Waals surface area contributed by atoms with Gasteiger partial charge in [-0.3, -0.25) is 0 Å². The molecular formula is C16H18ClIN2O. The maximum absolute atomic E-state index is 6.28. The number of aryl methyl sites for hydroxylation is 1. The summed E-state index contributed by atoms with van der Waals surface area (Å²) < 4.78 is 6.38. The molecule has 3 nitrogen and oxygen atoms in total. The summed E-state index contributed by atoms with van der Waals surface area (Å²) in [6.07, 6.45) is 0.877.